The Labute approximate surface area is 127 Å². The first-order valence-corrected chi connectivity index (χ1v) is 7.14. The average Bonchev–Trinajstić information content (AvgIpc) is 2.96. The molecule has 0 aliphatic carbocycles. The molecule has 1 aliphatic heterocycles. The second-order valence-electron chi connectivity index (χ2n) is 5.16. The van der Waals surface area contributed by atoms with Gasteiger partial charge in [-0.15, -0.1) is 0 Å². The van der Waals surface area contributed by atoms with Crippen LogP contribution in [0.3, 0.4) is 0 Å². The number of aliphatic imine (C=N–C) groups is 1. The molecule has 0 atom stereocenters. The van der Waals surface area contributed by atoms with E-state index in [2.05, 4.69) is 33.1 Å². The van der Waals surface area contributed by atoms with Gasteiger partial charge in [0, 0.05) is 17.5 Å². The zero-order valence-corrected chi connectivity index (χ0v) is 11.8. The topological polar surface area (TPSA) is 29.3 Å². The van der Waals surface area contributed by atoms with Crippen molar-refractivity contribution in [2.75, 3.05) is 12.0 Å². The summed E-state index contributed by atoms with van der Waals surface area (Å²) >= 11 is 0. The molecule has 0 bridgehead atoms. The molecule has 4 rings (SSSR count). The summed E-state index contributed by atoms with van der Waals surface area (Å²) in [6.07, 6.45) is 1.87. The fraction of sp³-hybridized carbons (Fsp3) is 0.0556. The molecule has 0 radical (unpaired) electrons. The van der Waals surface area contributed by atoms with Gasteiger partial charge in [-0.2, -0.15) is 0 Å². The molecule has 0 spiro atoms. The van der Waals surface area contributed by atoms with Crippen LogP contribution in [-0.2, 0) is 0 Å². The van der Waals surface area contributed by atoms with Crippen molar-refractivity contribution in [3.05, 3.63) is 72.0 Å². The Morgan fingerprint density at radius 3 is 2.55 bits per heavy atom. The van der Waals surface area contributed by atoms with E-state index in [1.165, 1.54) is 12.1 Å². The molecule has 0 amide bonds. The van der Waals surface area contributed by atoms with Crippen LogP contribution in [0.15, 0.2) is 65.7 Å². The van der Waals surface area contributed by atoms with Crippen molar-refractivity contribution in [1.82, 2.24) is 4.57 Å². The lowest BCUT2D eigenvalue weighted by atomic mass is 10.1. The SMILES string of the molecule is Fc1ccc(-n2c(-c3ccccc3)cc3c2NCN=C3)cc1. The third-order valence-corrected chi connectivity index (χ3v) is 3.75. The highest BCUT2D eigenvalue weighted by Crippen LogP contribution is 2.33. The summed E-state index contributed by atoms with van der Waals surface area (Å²) in [6.45, 7) is 0.548. The van der Waals surface area contributed by atoms with Crippen LogP contribution in [0.2, 0.25) is 0 Å². The van der Waals surface area contributed by atoms with Crippen molar-refractivity contribution in [1.29, 1.82) is 0 Å². The first kappa shape index (κ1) is 12.8. The van der Waals surface area contributed by atoms with Gasteiger partial charge in [0.15, 0.2) is 0 Å². The van der Waals surface area contributed by atoms with Gasteiger partial charge in [-0.05, 0) is 35.9 Å². The number of aromatic nitrogens is 1. The number of halogens is 1. The number of fused-ring (bicyclic) bond motifs is 1. The number of anilines is 1. The lowest BCUT2D eigenvalue weighted by Crippen LogP contribution is -2.11. The molecular weight excluding hydrogens is 277 g/mol. The van der Waals surface area contributed by atoms with E-state index in [0.717, 1.165) is 28.3 Å². The zero-order valence-electron chi connectivity index (χ0n) is 11.8. The quantitative estimate of drug-likeness (QED) is 0.757. The molecule has 4 heteroatoms. The normalized spacial score (nSPS) is 12.8. The lowest BCUT2D eigenvalue weighted by molar-refractivity contribution is 0.627. The molecule has 2 heterocycles. The highest BCUT2D eigenvalue weighted by atomic mass is 19.1. The molecule has 0 unspecified atom stereocenters. The summed E-state index contributed by atoms with van der Waals surface area (Å²) in [5.74, 6) is 0.751. The maximum atomic E-state index is 13.2. The van der Waals surface area contributed by atoms with E-state index in [4.69, 9.17) is 0 Å². The molecule has 2 aromatic carbocycles. The van der Waals surface area contributed by atoms with Crippen molar-refractivity contribution in [2.24, 2.45) is 4.99 Å². The predicted octanol–water partition coefficient (Wildman–Crippen LogP) is 4.09. The first-order valence-electron chi connectivity index (χ1n) is 7.14. The van der Waals surface area contributed by atoms with Gasteiger partial charge in [0.25, 0.3) is 0 Å². The van der Waals surface area contributed by atoms with Gasteiger partial charge >= 0.3 is 0 Å². The third-order valence-electron chi connectivity index (χ3n) is 3.75. The maximum Gasteiger partial charge on any atom is 0.123 e. The molecule has 0 fully saturated rings. The predicted molar refractivity (Wildman–Crippen MR) is 87.2 cm³/mol. The van der Waals surface area contributed by atoms with E-state index in [9.17, 15) is 4.39 Å². The molecule has 1 aliphatic rings. The van der Waals surface area contributed by atoms with Crippen LogP contribution in [0.5, 0.6) is 0 Å². The molecule has 1 N–H and O–H groups in total. The van der Waals surface area contributed by atoms with Crippen LogP contribution in [0.1, 0.15) is 5.56 Å². The Balaban J connectivity index is 1.97. The van der Waals surface area contributed by atoms with Crippen molar-refractivity contribution < 1.29 is 4.39 Å². The number of rotatable bonds is 2. The summed E-state index contributed by atoms with van der Waals surface area (Å²) < 4.78 is 15.4. The summed E-state index contributed by atoms with van der Waals surface area (Å²) in [4.78, 5) is 4.26. The summed E-state index contributed by atoms with van der Waals surface area (Å²) in [5.41, 5.74) is 4.12. The lowest BCUT2D eigenvalue weighted by Gasteiger charge is -2.16. The Kier molecular flexibility index (Phi) is 3.00. The maximum absolute atomic E-state index is 13.2. The molecule has 0 saturated carbocycles. The largest absolute Gasteiger partial charge is 0.352 e. The Morgan fingerprint density at radius 2 is 1.77 bits per heavy atom. The van der Waals surface area contributed by atoms with Crippen molar-refractivity contribution in [3.63, 3.8) is 0 Å². The highest BCUT2D eigenvalue weighted by molar-refractivity contribution is 5.92. The minimum Gasteiger partial charge on any atom is -0.352 e. The van der Waals surface area contributed by atoms with E-state index in [1.807, 2.05) is 24.4 Å². The monoisotopic (exact) mass is 291 g/mol. The zero-order chi connectivity index (χ0) is 14.9. The van der Waals surface area contributed by atoms with Gasteiger partial charge in [0.05, 0.1) is 5.69 Å². The first-order chi connectivity index (χ1) is 10.8. The molecule has 108 valence electrons. The second-order valence-corrected chi connectivity index (χ2v) is 5.16. The standard InChI is InChI=1S/C18H14FN3/c19-15-6-8-16(9-7-15)22-17(13-4-2-1-3-5-13)10-14-11-20-12-21-18(14)22/h1-11,21H,12H2. The molecule has 0 saturated heterocycles. The molecule has 3 aromatic rings. The van der Waals surface area contributed by atoms with E-state index in [1.54, 1.807) is 12.1 Å². The second kappa shape index (κ2) is 5.15. The highest BCUT2D eigenvalue weighted by Gasteiger charge is 2.18. The average molecular weight is 291 g/mol. The van der Waals surface area contributed by atoms with E-state index < -0.39 is 0 Å². The van der Waals surface area contributed by atoms with Gasteiger partial charge in [-0.25, -0.2) is 4.39 Å². The van der Waals surface area contributed by atoms with Crippen molar-refractivity contribution >= 4 is 12.0 Å². The smallest absolute Gasteiger partial charge is 0.123 e. The number of hydrogen-bond acceptors (Lipinski definition) is 2. The molecule has 22 heavy (non-hydrogen) atoms. The fourth-order valence-electron chi connectivity index (χ4n) is 2.75. The van der Waals surface area contributed by atoms with Crippen molar-refractivity contribution in [2.45, 2.75) is 0 Å². The molecule has 3 nitrogen and oxygen atoms in total. The summed E-state index contributed by atoms with van der Waals surface area (Å²) in [6, 6.07) is 18.8. The minimum absolute atomic E-state index is 0.236. The van der Waals surface area contributed by atoms with Crippen molar-refractivity contribution in [3.8, 4) is 16.9 Å². The van der Waals surface area contributed by atoms with Gasteiger partial charge in [0.1, 0.15) is 18.3 Å². The summed E-state index contributed by atoms with van der Waals surface area (Å²) in [5, 5.41) is 3.31. The number of hydrogen-bond donors (Lipinski definition) is 1. The summed E-state index contributed by atoms with van der Waals surface area (Å²) in [7, 11) is 0. The number of benzene rings is 2. The Bertz CT molecular complexity index is 833. The number of nitrogens with one attached hydrogen (secondary N) is 1. The van der Waals surface area contributed by atoms with Gasteiger partial charge < -0.3 is 5.32 Å². The van der Waals surface area contributed by atoms with Crippen LogP contribution in [-0.4, -0.2) is 17.5 Å². The number of nitrogens with zero attached hydrogens (tertiary/aromatic N) is 2. The Hall–Kier alpha value is -2.88. The van der Waals surface area contributed by atoms with Crippen LogP contribution >= 0.6 is 0 Å². The van der Waals surface area contributed by atoms with Gasteiger partial charge in [-0.3, -0.25) is 9.56 Å². The van der Waals surface area contributed by atoms with Crippen LogP contribution < -0.4 is 5.32 Å². The van der Waals surface area contributed by atoms with Gasteiger partial charge in [-0.1, -0.05) is 30.3 Å². The van der Waals surface area contributed by atoms with E-state index in [0.29, 0.717) is 6.67 Å². The molecular formula is C18H14FN3. The van der Waals surface area contributed by atoms with E-state index in [-0.39, 0.29) is 5.82 Å². The minimum atomic E-state index is -0.236. The van der Waals surface area contributed by atoms with Gasteiger partial charge in [0.2, 0.25) is 0 Å². The Morgan fingerprint density at radius 1 is 1.00 bits per heavy atom. The molecule has 1 aromatic heterocycles. The third kappa shape index (κ3) is 2.09. The van der Waals surface area contributed by atoms with Crippen LogP contribution in [0, 0.1) is 5.82 Å². The van der Waals surface area contributed by atoms with Crippen LogP contribution in [0.4, 0.5) is 10.2 Å². The van der Waals surface area contributed by atoms with E-state index >= 15 is 0 Å². The van der Waals surface area contributed by atoms with Crippen LogP contribution in [0.25, 0.3) is 16.9 Å². The fourth-order valence-corrected chi connectivity index (χ4v) is 2.75.